The van der Waals surface area contributed by atoms with Crippen LogP contribution in [-0.2, 0) is 12.8 Å². The fourth-order valence-electron chi connectivity index (χ4n) is 4.91. The van der Waals surface area contributed by atoms with Crippen molar-refractivity contribution in [3.8, 4) is 0 Å². The summed E-state index contributed by atoms with van der Waals surface area (Å²) >= 11 is 0. The van der Waals surface area contributed by atoms with Crippen LogP contribution >= 0.6 is 0 Å². The first-order valence-corrected chi connectivity index (χ1v) is 12.8. The second kappa shape index (κ2) is 12.0. The molecule has 0 fully saturated rings. The van der Waals surface area contributed by atoms with E-state index in [1.165, 1.54) is 45.7 Å². The van der Waals surface area contributed by atoms with Gasteiger partial charge in [-0.3, -0.25) is 5.43 Å². The molecule has 0 unspecified atom stereocenters. The van der Waals surface area contributed by atoms with Gasteiger partial charge in [-0.1, -0.05) is 109 Å². The molecule has 3 aliphatic carbocycles. The maximum atomic E-state index is 3.95. The molecule has 2 nitrogen and oxygen atoms in total. The van der Waals surface area contributed by atoms with E-state index in [1.54, 1.807) is 17.3 Å². The van der Waals surface area contributed by atoms with Crippen molar-refractivity contribution < 1.29 is 0 Å². The lowest BCUT2D eigenvalue weighted by Gasteiger charge is -2.16. The van der Waals surface area contributed by atoms with Gasteiger partial charge in [0.2, 0.25) is 0 Å². The standard InChI is InChI=1S/C18H16.C9H8N2.C7H8/c1-3-7-15-13(5-1)9-11-18-16-8-4-2-6-14(16)10-12-17(15)18;1-2-6-9-8(4-1)5-3-7-10-11-9;1-2-4-6-7-5-3-1/h1,3,5-7,9-10,12H,2,4,8,11H2;1-7,11H;1-6H,7H2. The Bertz CT molecular complexity index is 1570. The third-order valence-corrected chi connectivity index (χ3v) is 6.70. The molecule has 4 aliphatic rings. The highest BCUT2D eigenvalue weighted by Gasteiger charge is 2.10. The first-order chi connectivity index (χ1) is 17.9. The molecule has 0 saturated heterocycles. The molecule has 0 amide bonds. The fraction of sp³-hybridized carbons (Fsp3) is 0.147. The van der Waals surface area contributed by atoms with Gasteiger partial charge in [0, 0.05) is 6.21 Å². The molecule has 3 aromatic rings. The lowest BCUT2D eigenvalue weighted by atomic mass is 9.89. The zero-order valence-corrected chi connectivity index (χ0v) is 20.6. The van der Waals surface area contributed by atoms with Gasteiger partial charge in [-0.25, -0.2) is 0 Å². The third-order valence-electron chi connectivity index (χ3n) is 6.70. The average Bonchev–Trinajstić information content (AvgIpc) is 3.39. The molecule has 36 heavy (non-hydrogen) atoms. The van der Waals surface area contributed by atoms with Crippen LogP contribution in [0.15, 0.2) is 108 Å². The van der Waals surface area contributed by atoms with Crippen LogP contribution < -0.4 is 15.9 Å². The Balaban J connectivity index is 0.000000126. The predicted molar refractivity (Wildman–Crippen MR) is 155 cm³/mol. The van der Waals surface area contributed by atoms with Gasteiger partial charge in [0.1, 0.15) is 0 Å². The van der Waals surface area contributed by atoms with Crippen LogP contribution in [0.5, 0.6) is 0 Å². The largest absolute Gasteiger partial charge is 0.278 e. The van der Waals surface area contributed by atoms with Crippen LogP contribution in [0.4, 0.5) is 5.69 Å². The van der Waals surface area contributed by atoms with Gasteiger partial charge in [0.15, 0.2) is 0 Å². The van der Waals surface area contributed by atoms with E-state index in [0.29, 0.717) is 0 Å². The van der Waals surface area contributed by atoms with Crippen molar-refractivity contribution in [2.45, 2.75) is 32.1 Å². The van der Waals surface area contributed by atoms with Gasteiger partial charge in [0.25, 0.3) is 0 Å². The first kappa shape index (κ1) is 23.6. The Morgan fingerprint density at radius 3 is 2.42 bits per heavy atom. The Hall–Kier alpha value is -4.17. The van der Waals surface area contributed by atoms with Gasteiger partial charge < -0.3 is 0 Å². The number of para-hydroxylation sites is 1. The molecule has 1 N–H and O–H groups in total. The van der Waals surface area contributed by atoms with Gasteiger partial charge in [-0.15, -0.1) is 0 Å². The van der Waals surface area contributed by atoms with Crippen molar-refractivity contribution in [2.24, 2.45) is 5.10 Å². The van der Waals surface area contributed by atoms with Crippen molar-refractivity contribution in [1.29, 1.82) is 0 Å². The normalized spacial score (nSPS) is 15.3. The van der Waals surface area contributed by atoms with Crippen LogP contribution in [0.1, 0.15) is 36.0 Å². The summed E-state index contributed by atoms with van der Waals surface area (Å²) < 4.78 is 0. The van der Waals surface area contributed by atoms with Crippen molar-refractivity contribution in [3.63, 3.8) is 0 Å². The zero-order chi connectivity index (χ0) is 24.4. The van der Waals surface area contributed by atoms with Gasteiger partial charge in [0.05, 0.1) is 5.69 Å². The molecule has 7 rings (SSSR count). The number of allylic oxidation sites excluding steroid dienone is 7. The number of nitrogens with one attached hydrogen (secondary N) is 1. The molecule has 0 bridgehead atoms. The molecule has 0 radical (unpaired) electrons. The summed E-state index contributed by atoms with van der Waals surface area (Å²) in [5.41, 5.74) is 8.33. The predicted octanol–water partition coefficient (Wildman–Crippen LogP) is 6.60. The second-order valence-electron chi connectivity index (χ2n) is 9.06. The van der Waals surface area contributed by atoms with E-state index < -0.39 is 0 Å². The van der Waals surface area contributed by atoms with E-state index in [4.69, 9.17) is 0 Å². The van der Waals surface area contributed by atoms with E-state index in [9.17, 15) is 0 Å². The molecular weight excluding hydrogens is 436 g/mol. The molecule has 2 heteroatoms. The SMILES string of the molecule is C1=CC=CCC=C1.C1=Cc2ccccc2NN=C1.C1=c2ccc3c(c2CCC1)CC=c1ccccc1=3. The zero-order valence-electron chi connectivity index (χ0n) is 20.6. The number of hydrogen-bond acceptors (Lipinski definition) is 2. The minimum absolute atomic E-state index is 1.05. The number of hydrogen-bond donors (Lipinski definition) is 1. The average molecular weight is 469 g/mol. The van der Waals surface area contributed by atoms with Crippen LogP contribution in [0, 0.1) is 10.4 Å². The molecule has 0 spiro atoms. The maximum Gasteiger partial charge on any atom is 0.0634 e. The van der Waals surface area contributed by atoms with E-state index in [1.807, 2.05) is 48.6 Å². The summed E-state index contributed by atoms with van der Waals surface area (Å²) in [5.74, 6) is 0. The number of rotatable bonds is 0. The van der Waals surface area contributed by atoms with Crippen LogP contribution in [-0.4, -0.2) is 6.21 Å². The van der Waals surface area contributed by atoms with Crippen molar-refractivity contribution in [1.82, 2.24) is 0 Å². The summed E-state index contributed by atoms with van der Waals surface area (Å²) in [6.45, 7) is 0. The van der Waals surface area contributed by atoms with Crippen LogP contribution in [0.3, 0.4) is 0 Å². The second-order valence-corrected chi connectivity index (χ2v) is 9.06. The molecular formula is C34H32N2. The number of anilines is 1. The van der Waals surface area contributed by atoms with Gasteiger partial charge >= 0.3 is 0 Å². The van der Waals surface area contributed by atoms with Crippen LogP contribution in [0.25, 0.3) is 18.2 Å². The summed E-state index contributed by atoms with van der Waals surface area (Å²) in [4.78, 5) is 0. The first-order valence-electron chi connectivity index (χ1n) is 12.8. The number of hydrazone groups is 1. The lowest BCUT2D eigenvalue weighted by molar-refractivity contribution is 0.824. The summed E-state index contributed by atoms with van der Waals surface area (Å²) in [7, 11) is 0. The van der Waals surface area contributed by atoms with Crippen molar-refractivity contribution in [2.75, 3.05) is 5.43 Å². The molecule has 1 heterocycles. The van der Waals surface area contributed by atoms with E-state index >= 15 is 0 Å². The Morgan fingerprint density at radius 2 is 1.50 bits per heavy atom. The Kier molecular flexibility index (Phi) is 7.85. The van der Waals surface area contributed by atoms with E-state index in [2.05, 4.69) is 83.4 Å². The summed E-state index contributed by atoms with van der Waals surface area (Å²) in [5, 5.41) is 9.69. The topological polar surface area (TPSA) is 24.4 Å². The molecule has 0 atom stereocenters. The maximum absolute atomic E-state index is 3.95. The smallest absolute Gasteiger partial charge is 0.0634 e. The molecule has 1 aliphatic heterocycles. The lowest BCUT2D eigenvalue weighted by Crippen LogP contribution is -2.19. The van der Waals surface area contributed by atoms with Gasteiger partial charge in [-0.2, -0.15) is 5.10 Å². The number of benzene rings is 3. The third kappa shape index (κ3) is 5.72. The highest BCUT2D eigenvalue weighted by Crippen LogP contribution is 2.18. The Morgan fingerprint density at radius 1 is 0.667 bits per heavy atom. The van der Waals surface area contributed by atoms with Crippen molar-refractivity contribution in [3.05, 3.63) is 141 Å². The minimum atomic E-state index is 1.05. The minimum Gasteiger partial charge on any atom is -0.278 e. The van der Waals surface area contributed by atoms with E-state index in [0.717, 1.165) is 18.5 Å². The quantitative estimate of drug-likeness (QED) is 0.395. The number of nitrogens with zero attached hydrogens (tertiary/aromatic N) is 1. The van der Waals surface area contributed by atoms with E-state index in [-0.39, 0.29) is 0 Å². The van der Waals surface area contributed by atoms with Crippen molar-refractivity contribution >= 4 is 30.1 Å². The summed E-state index contributed by atoms with van der Waals surface area (Å²) in [6.07, 6.45) is 28.9. The van der Waals surface area contributed by atoms with Crippen LogP contribution in [0.2, 0.25) is 0 Å². The summed E-state index contributed by atoms with van der Waals surface area (Å²) in [6, 6.07) is 21.4. The fourth-order valence-corrected chi connectivity index (χ4v) is 4.91. The molecule has 3 aromatic carbocycles. The van der Waals surface area contributed by atoms with Gasteiger partial charge in [-0.05, 0) is 81.8 Å². The Labute approximate surface area is 213 Å². The monoisotopic (exact) mass is 468 g/mol. The number of fused-ring (bicyclic) bond motifs is 5. The highest BCUT2D eigenvalue weighted by atomic mass is 15.3. The molecule has 0 aromatic heterocycles. The molecule has 178 valence electrons. The highest BCUT2D eigenvalue weighted by molar-refractivity contribution is 5.83. The molecule has 0 saturated carbocycles.